The summed E-state index contributed by atoms with van der Waals surface area (Å²) in [5.41, 5.74) is 1.78. The second kappa shape index (κ2) is 5.90. The first-order chi connectivity index (χ1) is 9.40. The Balaban J connectivity index is 2.25. The Morgan fingerprint density at radius 3 is 2.65 bits per heavy atom. The molecule has 1 heterocycles. The lowest BCUT2D eigenvalue weighted by Crippen LogP contribution is -2.12. The fraction of sp³-hybridized carbons (Fsp3) is 0.231. The summed E-state index contributed by atoms with van der Waals surface area (Å²) in [6.45, 7) is 2.31. The SMILES string of the molecule is CNCc1csc(S(=O)(=O)Nc2cc(C)cc(F)c2)c1. The van der Waals surface area contributed by atoms with Crippen molar-refractivity contribution < 1.29 is 12.8 Å². The van der Waals surface area contributed by atoms with Crippen molar-refractivity contribution in [2.24, 2.45) is 0 Å². The summed E-state index contributed by atoms with van der Waals surface area (Å²) in [5, 5.41) is 4.73. The molecule has 2 aromatic rings. The van der Waals surface area contributed by atoms with Gasteiger partial charge in [0, 0.05) is 6.54 Å². The van der Waals surface area contributed by atoms with Gasteiger partial charge in [-0.25, -0.2) is 12.8 Å². The zero-order valence-electron chi connectivity index (χ0n) is 11.1. The summed E-state index contributed by atoms with van der Waals surface area (Å²) in [7, 11) is -1.88. The molecule has 0 saturated heterocycles. The number of benzene rings is 1. The molecule has 0 bridgehead atoms. The molecule has 0 unspecified atom stereocenters. The Morgan fingerprint density at radius 1 is 1.25 bits per heavy atom. The van der Waals surface area contributed by atoms with Crippen LogP contribution in [0.3, 0.4) is 0 Å². The van der Waals surface area contributed by atoms with Crippen LogP contribution in [0.5, 0.6) is 0 Å². The molecule has 0 aliphatic rings. The van der Waals surface area contributed by atoms with E-state index in [4.69, 9.17) is 0 Å². The fourth-order valence-corrected chi connectivity index (χ4v) is 4.04. The smallest absolute Gasteiger partial charge is 0.271 e. The lowest BCUT2D eigenvalue weighted by Gasteiger charge is -2.07. The van der Waals surface area contributed by atoms with E-state index in [2.05, 4.69) is 10.0 Å². The molecule has 0 aliphatic carbocycles. The summed E-state index contributed by atoms with van der Waals surface area (Å²) in [6, 6.07) is 5.69. The van der Waals surface area contributed by atoms with Crippen molar-refractivity contribution in [2.75, 3.05) is 11.8 Å². The number of rotatable bonds is 5. The van der Waals surface area contributed by atoms with Crippen LogP contribution in [0.25, 0.3) is 0 Å². The van der Waals surface area contributed by atoms with Crippen LogP contribution in [0.15, 0.2) is 33.9 Å². The van der Waals surface area contributed by atoms with E-state index < -0.39 is 15.8 Å². The minimum atomic E-state index is -3.67. The lowest BCUT2D eigenvalue weighted by molar-refractivity contribution is 0.603. The highest BCUT2D eigenvalue weighted by molar-refractivity contribution is 7.94. The first-order valence-corrected chi connectivity index (χ1v) is 8.29. The highest BCUT2D eigenvalue weighted by Crippen LogP contribution is 2.24. The fourth-order valence-electron chi connectivity index (χ4n) is 1.79. The highest BCUT2D eigenvalue weighted by Gasteiger charge is 2.17. The third-order valence-corrected chi connectivity index (χ3v) is 5.44. The average Bonchev–Trinajstić information content (AvgIpc) is 2.76. The van der Waals surface area contributed by atoms with E-state index in [1.165, 1.54) is 6.07 Å². The van der Waals surface area contributed by atoms with Gasteiger partial charge in [0.2, 0.25) is 0 Å². The number of halogens is 1. The van der Waals surface area contributed by atoms with Crippen molar-refractivity contribution in [3.63, 3.8) is 0 Å². The van der Waals surface area contributed by atoms with Crippen molar-refractivity contribution >= 4 is 27.0 Å². The quantitative estimate of drug-likeness (QED) is 0.892. The Bertz CT molecular complexity index is 691. The molecular formula is C13H15FN2O2S2. The number of thiophene rings is 1. The largest absolute Gasteiger partial charge is 0.316 e. The van der Waals surface area contributed by atoms with Crippen LogP contribution in [0.2, 0.25) is 0 Å². The Kier molecular flexibility index (Phi) is 4.42. The van der Waals surface area contributed by atoms with Crippen LogP contribution in [0, 0.1) is 12.7 Å². The second-order valence-electron chi connectivity index (χ2n) is 4.43. The van der Waals surface area contributed by atoms with Gasteiger partial charge in [-0.2, -0.15) is 0 Å². The van der Waals surface area contributed by atoms with Gasteiger partial charge >= 0.3 is 0 Å². The van der Waals surface area contributed by atoms with E-state index in [9.17, 15) is 12.8 Å². The van der Waals surface area contributed by atoms with Crippen molar-refractivity contribution in [1.82, 2.24) is 5.32 Å². The number of hydrogen-bond donors (Lipinski definition) is 2. The van der Waals surface area contributed by atoms with E-state index in [1.54, 1.807) is 31.5 Å². The van der Waals surface area contributed by atoms with Gasteiger partial charge in [-0.05, 0) is 54.7 Å². The molecule has 4 nitrogen and oxygen atoms in total. The summed E-state index contributed by atoms with van der Waals surface area (Å²) in [4.78, 5) is 0. The van der Waals surface area contributed by atoms with Crippen LogP contribution in [0.4, 0.5) is 10.1 Å². The molecule has 20 heavy (non-hydrogen) atoms. The molecule has 0 radical (unpaired) electrons. The van der Waals surface area contributed by atoms with Crippen LogP contribution < -0.4 is 10.0 Å². The standard InChI is InChI=1S/C13H15FN2O2S2/c1-9-3-11(14)6-12(4-9)16-20(17,18)13-5-10(7-15-2)8-19-13/h3-6,8,15-16H,7H2,1-2H3. The molecule has 108 valence electrons. The topological polar surface area (TPSA) is 58.2 Å². The molecule has 2 rings (SSSR count). The monoisotopic (exact) mass is 314 g/mol. The molecule has 2 N–H and O–H groups in total. The van der Waals surface area contributed by atoms with E-state index >= 15 is 0 Å². The average molecular weight is 314 g/mol. The maximum atomic E-state index is 13.3. The van der Waals surface area contributed by atoms with Gasteiger partial charge in [0.15, 0.2) is 0 Å². The maximum absolute atomic E-state index is 13.3. The molecule has 0 atom stereocenters. The first kappa shape index (κ1) is 15.0. The number of nitrogens with one attached hydrogen (secondary N) is 2. The molecule has 0 saturated carbocycles. The molecule has 1 aromatic carbocycles. The van der Waals surface area contributed by atoms with E-state index in [-0.39, 0.29) is 9.90 Å². The van der Waals surface area contributed by atoms with E-state index in [1.807, 2.05) is 0 Å². The lowest BCUT2D eigenvalue weighted by atomic mass is 10.2. The Labute approximate surface area is 121 Å². The zero-order valence-corrected chi connectivity index (χ0v) is 12.7. The number of hydrogen-bond acceptors (Lipinski definition) is 4. The van der Waals surface area contributed by atoms with Gasteiger partial charge in [0.25, 0.3) is 10.0 Å². The normalized spacial score (nSPS) is 11.6. The van der Waals surface area contributed by atoms with Crippen LogP contribution in [-0.2, 0) is 16.6 Å². The van der Waals surface area contributed by atoms with Gasteiger partial charge < -0.3 is 5.32 Å². The van der Waals surface area contributed by atoms with Gasteiger partial charge in [-0.1, -0.05) is 0 Å². The minimum absolute atomic E-state index is 0.213. The third-order valence-electron chi connectivity index (χ3n) is 2.57. The molecule has 0 amide bonds. The third kappa shape index (κ3) is 3.56. The highest BCUT2D eigenvalue weighted by atomic mass is 32.2. The first-order valence-electron chi connectivity index (χ1n) is 5.93. The minimum Gasteiger partial charge on any atom is -0.316 e. The predicted octanol–water partition coefficient (Wildman–Crippen LogP) is 2.72. The van der Waals surface area contributed by atoms with Gasteiger partial charge in [-0.15, -0.1) is 11.3 Å². The van der Waals surface area contributed by atoms with Gasteiger partial charge in [0.05, 0.1) is 5.69 Å². The zero-order chi connectivity index (χ0) is 14.8. The van der Waals surface area contributed by atoms with Crippen LogP contribution in [-0.4, -0.2) is 15.5 Å². The van der Waals surface area contributed by atoms with Gasteiger partial charge in [-0.3, -0.25) is 4.72 Å². The summed E-state index contributed by atoms with van der Waals surface area (Å²) in [5.74, 6) is -0.468. The predicted molar refractivity (Wildman–Crippen MR) is 79.0 cm³/mol. The van der Waals surface area contributed by atoms with Crippen LogP contribution in [0.1, 0.15) is 11.1 Å². The van der Waals surface area contributed by atoms with Crippen molar-refractivity contribution in [3.8, 4) is 0 Å². The molecule has 1 aromatic heterocycles. The van der Waals surface area contributed by atoms with Crippen LogP contribution >= 0.6 is 11.3 Å². The number of anilines is 1. The van der Waals surface area contributed by atoms with Crippen molar-refractivity contribution in [3.05, 3.63) is 46.6 Å². The van der Waals surface area contributed by atoms with Gasteiger partial charge in [0.1, 0.15) is 10.0 Å². The number of aryl methyl sites for hydroxylation is 1. The maximum Gasteiger partial charge on any atom is 0.271 e. The van der Waals surface area contributed by atoms with E-state index in [0.29, 0.717) is 12.1 Å². The molecule has 7 heteroatoms. The summed E-state index contributed by atoms with van der Waals surface area (Å²) >= 11 is 1.14. The number of sulfonamides is 1. The van der Waals surface area contributed by atoms with Crippen molar-refractivity contribution in [2.45, 2.75) is 17.7 Å². The summed E-state index contributed by atoms with van der Waals surface area (Å²) in [6.07, 6.45) is 0. The molecule has 0 spiro atoms. The Hall–Kier alpha value is -1.44. The second-order valence-corrected chi connectivity index (χ2v) is 7.25. The van der Waals surface area contributed by atoms with E-state index in [0.717, 1.165) is 23.0 Å². The summed E-state index contributed by atoms with van der Waals surface area (Å²) < 4.78 is 40.3. The molecule has 0 fully saturated rings. The molecule has 0 aliphatic heterocycles. The van der Waals surface area contributed by atoms with Crippen molar-refractivity contribution in [1.29, 1.82) is 0 Å². The Morgan fingerprint density at radius 2 is 2.00 bits per heavy atom. The molecular weight excluding hydrogens is 299 g/mol.